The van der Waals surface area contributed by atoms with Gasteiger partial charge in [0.05, 0.1) is 11.3 Å². The van der Waals surface area contributed by atoms with Crippen molar-refractivity contribution in [3.63, 3.8) is 0 Å². The molecule has 162 valence electrons. The van der Waals surface area contributed by atoms with Gasteiger partial charge in [0.2, 0.25) is 5.91 Å². The van der Waals surface area contributed by atoms with Crippen LogP contribution in [0.1, 0.15) is 5.56 Å². The highest BCUT2D eigenvalue weighted by atomic mass is 32.2. The summed E-state index contributed by atoms with van der Waals surface area (Å²) in [5.74, 6) is -0.415. The molecule has 4 rings (SSSR count). The number of carbonyl (C=O) groups is 1. The molecule has 0 aliphatic heterocycles. The minimum Gasteiger partial charge on any atom is -0.351 e. The van der Waals surface area contributed by atoms with Crippen molar-refractivity contribution in [2.45, 2.75) is 18.2 Å². The number of aromatic nitrogens is 2. The van der Waals surface area contributed by atoms with Gasteiger partial charge in [0, 0.05) is 18.0 Å². The first-order chi connectivity index (χ1) is 15.5. The molecule has 0 aliphatic carbocycles. The van der Waals surface area contributed by atoms with Crippen LogP contribution in [0.25, 0.3) is 20.7 Å². The van der Waals surface area contributed by atoms with Gasteiger partial charge in [0.1, 0.15) is 10.5 Å². The van der Waals surface area contributed by atoms with E-state index in [0.717, 1.165) is 16.0 Å². The number of hydrogen-bond acceptors (Lipinski definition) is 5. The van der Waals surface area contributed by atoms with Crippen LogP contribution in [0, 0.1) is 5.82 Å². The first-order valence-electron chi connectivity index (χ1n) is 9.90. The van der Waals surface area contributed by atoms with E-state index in [4.69, 9.17) is 0 Å². The maximum absolute atomic E-state index is 13.1. The summed E-state index contributed by atoms with van der Waals surface area (Å²) in [4.78, 5) is 31.1. The summed E-state index contributed by atoms with van der Waals surface area (Å²) in [6.07, 6.45) is 1.64. The number of rotatable bonds is 8. The van der Waals surface area contributed by atoms with Crippen molar-refractivity contribution in [3.8, 4) is 10.4 Å². The van der Waals surface area contributed by atoms with Gasteiger partial charge in [-0.1, -0.05) is 60.3 Å². The van der Waals surface area contributed by atoms with Crippen molar-refractivity contribution in [1.82, 2.24) is 14.9 Å². The maximum Gasteiger partial charge on any atom is 0.272 e. The summed E-state index contributed by atoms with van der Waals surface area (Å²) in [7, 11) is 0. The monoisotopic (exact) mass is 465 g/mol. The molecule has 2 aromatic carbocycles. The smallest absolute Gasteiger partial charge is 0.272 e. The SMILES string of the molecule is C=CCn1c(SCC(=O)NCc2ccc(F)cc2)nc2cc(-c3ccccc3)sc2c1=O. The third kappa shape index (κ3) is 4.98. The topological polar surface area (TPSA) is 64.0 Å². The minimum atomic E-state index is -0.318. The molecular formula is C24H20FN3O2S2. The summed E-state index contributed by atoms with van der Waals surface area (Å²) in [5.41, 5.74) is 2.31. The summed E-state index contributed by atoms with van der Waals surface area (Å²) in [6, 6.07) is 17.7. The predicted octanol–water partition coefficient (Wildman–Crippen LogP) is 4.86. The number of hydrogen-bond donors (Lipinski definition) is 1. The molecule has 4 aromatic rings. The number of thiophene rings is 1. The molecule has 0 aliphatic rings. The summed E-state index contributed by atoms with van der Waals surface area (Å²) < 4.78 is 15.1. The Morgan fingerprint density at radius 3 is 2.66 bits per heavy atom. The van der Waals surface area contributed by atoms with E-state index in [1.807, 2.05) is 36.4 Å². The zero-order chi connectivity index (χ0) is 22.5. The van der Waals surface area contributed by atoms with Gasteiger partial charge in [0.25, 0.3) is 5.56 Å². The van der Waals surface area contributed by atoms with Crippen LogP contribution in [0.4, 0.5) is 4.39 Å². The average molecular weight is 466 g/mol. The number of allylic oxidation sites excluding steroid dienone is 1. The number of fused-ring (bicyclic) bond motifs is 1. The molecule has 0 saturated heterocycles. The second-order valence-electron chi connectivity index (χ2n) is 6.98. The molecule has 0 saturated carbocycles. The molecule has 8 heteroatoms. The van der Waals surface area contributed by atoms with Crippen molar-refractivity contribution in [1.29, 1.82) is 0 Å². The highest BCUT2D eigenvalue weighted by Crippen LogP contribution is 2.31. The number of amides is 1. The number of carbonyl (C=O) groups excluding carboxylic acids is 1. The lowest BCUT2D eigenvalue weighted by Gasteiger charge is -2.10. The number of nitrogens with one attached hydrogen (secondary N) is 1. The van der Waals surface area contributed by atoms with Crippen molar-refractivity contribution in [2.24, 2.45) is 0 Å². The Hall–Kier alpha value is -3.23. The Bertz CT molecular complexity index is 1320. The van der Waals surface area contributed by atoms with E-state index in [1.165, 1.54) is 35.2 Å². The van der Waals surface area contributed by atoms with Crippen LogP contribution in [-0.2, 0) is 17.9 Å². The highest BCUT2D eigenvalue weighted by Gasteiger charge is 2.16. The zero-order valence-electron chi connectivity index (χ0n) is 17.1. The first-order valence-corrected chi connectivity index (χ1v) is 11.7. The van der Waals surface area contributed by atoms with Gasteiger partial charge in [-0.15, -0.1) is 17.9 Å². The lowest BCUT2D eigenvalue weighted by Crippen LogP contribution is -2.26. The van der Waals surface area contributed by atoms with Crippen molar-refractivity contribution in [3.05, 3.63) is 95.1 Å². The van der Waals surface area contributed by atoms with Crippen molar-refractivity contribution >= 4 is 39.2 Å². The average Bonchev–Trinajstić information content (AvgIpc) is 3.24. The lowest BCUT2D eigenvalue weighted by atomic mass is 10.2. The lowest BCUT2D eigenvalue weighted by molar-refractivity contribution is -0.118. The Balaban J connectivity index is 1.53. The first kappa shape index (κ1) is 22.0. The van der Waals surface area contributed by atoms with Crippen LogP contribution >= 0.6 is 23.1 Å². The number of benzene rings is 2. The van der Waals surface area contributed by atoms with E-state index in [-0.39, 0.29) is 23.0 Å². The third-order valence-electron chi connectivity index (χ3n) is 4.70. The van der Waals surface area contributed by atoms with E-state index in [0.29, 0.717) is 28.5 Å². The third-order valence-corrected chi connectivity index (χ3v) is 6.84. The van der Waals surface area contributed by atoms with Crippen LogP contribution in [0.15, 0.2) is 83.3 Å². The predicted molar refractivity (Wildman–Crippen MR) is 128 cm³/mol. The second kappa shape index (κ2) is 9.93. The Morgan fingerprint density at radius 1 is 1.19 bits per heavy atom. The molecule has 0 atom stereocenters. The fourth-order valence-electron chi connectivity index (χ4n) is 3.12. The van der Waals surface area contributed by atoms with Gasteiger partial charge in [-0.05, 0) is 29.3 Å². The summed E-state index contributed by atoms with van der Waals surface area (Å²) >= 11 is 2.61. The van der Waals surface area contributed by atoms with Crippen molar-refractivity contribution < 1.29 is 9.18 Å². The van der Waals surface area contributed by atoms with Gasteiger partial charge in [0.15, 0.2) is 5.16 Å². The number of thioether (sulfide) groups is 1. The largest absolute Gasteiger partial charge is 0.351 e. The van der Waals surface area contributed by atoms with Crippen LogP contribution in [0.5, 0.6) is 0 Å². The molecule has 1 amide bonds. The van der Waals surface area contributed by atoms with Crippen LogP contribution in [0.3, 0.4) is 0 Å². The molecule has 32 heavy (non-hydrogen) atoms. The van der Waals surface area contributed by atoms with Crippen LogP contribution in [0.2, 0.25) is 0 Å². The fraction of sp³-hybridized carbons (Fsp3) is 0.125. The van der Waals surface area contributed by atoms with Crippen LogP contribution in [-0.4, -0.2) is 21.2 Å². The molecule has 0 spiro atoms. The normalized spacial score (nSPS) is 10.9. The van der Waals surface area contributed by atoms with Gasteiger partial charge in [-0.25, -0.2) is 9.37 Å². The van der Waals surface area contributed by atoms with E-state index in [2.05, 4.69) is 16.9 Å². The Morgan fingerprint density at radius 2 is 1.94 bits per heavy atom. The summed E-state index contributed by atoms with van der Waals surface area (Å²) in [6.45, 7) is 4.34. The molecule has 0 radical (unpaired) electrons. The highest BCUT2D eigenvalue weighted by molar-refractivity contribution is 7.99. The van der Waals surface area contributed by atoms with Gasteiger partial charge in [-0.2, -0.15) is 0 Å². The standard InChI is InChI=1S/C24H20FN3O2S2/c1-2-12-28-23(30)22-19(13-20(32-22)17-6-4-3-5-7-17)27-24(28)31-15-21(29)26-14-16-8-10-18(25)11-9-16/h2-11,13H,1,12,14-15H2,(H,26,29). The fourth-order valence-corrected chi connectivity index (χ4v) is 5.01. The molecule has 5 nitrogen and oxygen atoms in total. The number of halogens is 1. The molecule has 0 unspecified atom stereocenters. The Labute approximate surface area is 192 Å². The van der Waals surface area contributed by atoms with E-state index >= 15 is 0 Å². The minimum absolute atomic E-state index is 0.103. The van der Waals surface area contributed by atoms with E-state index in [1.54, 1.807) is 22.8 Å². The molecule has 0 bridgehead atoms. The van der Waals surface area contributed by atoms with Crippen LogP contribution < -0.4 is 10.9 Å². The van der Waals surface area contributed by atoms with Gasteiger partial charge < -0.3 is 5.32 Å². The van der Waals surface area contributed by atoms with E-state index < -0.39 is 0 Å². The zero-order valence-corrected chi connectivity index (χ0v) is 18.7. The number of nitrogens with zero attached hydrogens (tertiary/aromatic N) is 2. The van der Waals surface area contributed by atoms with Gasteiger partial charge >= 0.3 is 0 Å². The molecular weight excluding hydrogens is 445 g/mol. The molecule has 2 aromatic heterocycles. The maximum atomic E-state index is 13.1. The molecule has 0 fully saturated rings. The molecule has 2 heterocycles. The van der Waals surface area contributed by atoms with E-state index in [9.17, 15) is 14.0 Å². The van der Waals surface area contributed by atoms with Crippen molar-refractivity contribution in [2.75, 3.05) is 5.75 Å². The molecule has 1 N–H and O–H groups in total. The Kier molecular flexibility index (Phi) is 6.82. The quantitative estimate of drug-likeness (QED) is 0.229. The van der Waals surface area contributed by atoms with Gasteiger partial charge in [-0.3, -0.25) is 14.2 Å². The second-order valence-corrected chi connectivity index (χ2v) is 8.98. The summed E-state index contributed by atoms with van der Waals surface area (Å²) in [5, 5.41) is 3.27.